The highest BCUT2D eigenvalue weighted by Gasteiger charge is 2.03. The van der Waals surface area contributed by atoms with Gasteiger partial charge in [0.15, 0.2) is 0 Å². The molecule has 1 aromatic rings. The van der Waals surface area contributed by atoms with E-state index < -0.39 is 0 Å². The molecule has 0 aromatic heterocycles. The van der Waals surface area contributed by atoms with Crippen molar-refractivity contribution >= 4 is 27.5 Å². The number of rotatable bonds is 4. The van der Waals surface area contributed by atoms with E-state index in [1.54, 1.807) is 0 Å². The van der Waals surface area contributed by atoms with Gasteiger partial charge in [0, 0.05) is 10.9 Å². The predicted octanol–water partition coefficient (Wildman–Crippen LogP) is 3.34. The van der Waals surface area contributed by atoms with Crippen LogP contribution in [0.4, 0.5) is 0 Å². The van der Waals surface area contributed by atoms with Gasteiger partial charge in [-0.15, -0.1) is 0 Å². The van der Waals surface area contributed by atoms with Gasteiger partial charge >= 0.3 is 0 Å². The average molecular weight is 297 g/mol. The molecule has 0 spiro atoms. The summed E-state index contributed by atoms with van der Waals surface area (Å²) in [5.74, 6) is 0.301. The van der Waals surface area contributed by atoms with Crippen LogP contribution < -0.4 is 5.43 Å². The number of benzene rings is 1. The van der Waals surface area contributed by atoms with E-state index in [1.807, 2.05) is 45.0 Å². The zero-order valence-electron chi connectivity index (χ0n) is 10.3. The number of nitrogens with zero attached hydrogens (tertiary/aromatic N) is 1. The van der Waals surface area contributed by atoms with Crippen molar-refractivity contribution in [2.45, 2.75) is 27.2 Å². The third kappa shape index (κ3) is 5.13. The maximum Gasteiger partial charge on any atom is 0.240 e. The van der Waals surface area contributed by atoms with Crippen molar-refractivity contribution in [2.24, 2.45) is 11.0 Å². The molecular formula is C13H17BrN2O. The first-order valence-corrected chi connectivity index (χ1v) is 6.37. The van der Waals surface area contributed by atoms with Gasteiger partial charge in [0.2, 0.25) is 5.91 Å². The van der Waals surface area contributed by atoms with E-state index in [2.05, 4.69) is 26.5 Å². The van der Waals surface area contributed by atoms with Gasteiger partial charge in [-0.25, -0.2) is 5.43 Å². The Hall–Kier alpha value is -1.16. The number of hydrazone groups is 1. The Morgan fingerprint density at radius 1 is 1.35 bits per heavy atom. The first-order chi connectivity index (χ1) is 7.99. The molecule has 0 bridgehead atoms. The lowest BCUT2D eigenvalue weighted by Crippen LogP contribution is -2.20. The maximum atomic E-state index is 11.4. The first kappa shape index (κ1) is 13.9. The van der Waals surface area contributed by atoms with Crippen LogP contribution in [0.1, 0.15) is 32.8 Å². The number of amides is 1. The highest BCUT2D eigenvalue weighted by atomic mass is 79.9. The van der Waals surface area contributed by atoms with Crippen molar-refractivity contribution in [1.29, 1.82) is 0 Å². The van der Waals surface area contributed by atoms with Crippen molar-refractivity contribution in [1.82, 2.24) is 5.43 Å². The molecule has 0 aliphatic carbocycles. The largest absolute Gasteiger partial charge is 0.273 e. The fraction of sp³-hybridized carbons (Fsp3) is 0.385. The summed E-state index contributed by atoms with van der Waals surface area (Å²) in [5, 5.41) is 4.08. The summed E-state index contributed by atoms with van der Waals surface area (Å²) in [6.07, 6.45) is 0.497. The molecule has 0 atom stereocenters. The topological polar surface area (TPSA) is 41.5 Å². The molecule has 4 heteroatoms. The van der Waals surface area contributed by atoms with E-state index in [9.17, 15) is 4.79 Å². The number of nitrogens with one attached hydrogen (secondary N) is 1. The van der Waals surface area contributed by atoms with Crippen molar-refractivity contribution in [3.8, 4) is 0 Å². The number of carbonyl (C=O) groups excluding carboxylic acids is 1. The molecule has 0 saturated carbocycles. The van der Waals surface area contributed by atoms with E-state index in [0.29, 0.717) is 12.3 Å². The lowest BCUT2D eigenvalue weighted by atomic mass is 10.1. The van der Waals surface area contributed by atoms with Gasteiger partial charge in [0.1, 0.15) is 0 Å². The summed E-state index contributed by atoms with van der Waals surface area (Å²) >= 11 is 3.37. The second kappa shape index (κ2) is 6.55. The van der Waals surface area contributed by atoms with E-state index in [0.717, 1.165) is 15.7 Å². The summed E-state index contributed by atoms with van der Waals surface area (Å²) in [6, 6.07) is 7.81. The molecular weight excluding hydrogens is 280 g/mol. The fourth-order valence-corrected chi connectivity index (χ4v) is 1.58. The summed E-state index contributed by atoms with van der Waals surface area (Å²) in [5.41, 5.74) is 4.36. The summed E-state index contributed by atoms with van der Waals surface area (Å²) < 4.78 is 1.03. The number of halogens is 1. The molecule has 0 aliphatic rings. The summed E-state index contributed by atoms with van der Waals surface area (Å²) in [4.78, 5) is 11.4. The highest BCUT2D eigenvalue weighted by molar-refractivity contribution is 9.10. The molecule has 17 heavy (non-hydrogen) atoms. The minimum absolute atomic E-state index is 0.0449. The van der Waals surface area contributed by atoms with Crippen LogP contribution in [0.5, 0.6) is 0 Å². The molecule has 92 valence electrons. The Bertz CT molecular complexity index is 410. The predicted molar refractivity (Wildman–Crippen MR) is 74.0 cm³/mol. The molecule has 0 saturated heterocycles. The molecule has 1 aromatic carbocycles. The normalized spacial score (nSPS) is 11.7. The lowest BCUT2D eigenvalue weighted by molar-refractivity contribution is -0.121. The van der Waals surface area contributed by atoms with Gasteiger partial charge < -0.3 is 0 Å². The average Bonchev–Trinajstić information content (AvgIpc) is 2.26. The standard InChI is InChI=1S/C13H17BrN2O/c1-9(2)8-13(17)16-15-10(3)11-4-6-12(14)7-5-11/h4-7,9H,8H2,1-3H3,(H,16,17). The molecule has 0 unspecified atom stereocenters. The smallest absolute Gasteiger partial charge is 0.240 e. The quantitative estimate of drug-likeness (QED) is 0.672. The lowest BCUT2D eigenvalue weighted by Gasteiger charge is -2.04. The van der Waals surface area contributed by atoms with Crippen LogP contribution in [0.2, 0.25) is 0 Å². The van der Waals surface area contributed by atoms with Gasteiger partial charge in [-0.2, -0.15) is 5.10 Å². The Kier molecular flexibility index (Phi) is 5.35. The van der Waals surface area contributed by atoms with Crippen LogP contribution in [-0.4, -0.2) is 11.6 Å². The first-order valence-electron chi connectivity index (χ1n) is 5.58. The zero-order chi connectivity index (χ0) is 12.8. The summed E-state index contributed by atoms with van der Waals surface area (Å²) in [6.45, 7) is 5.88. The minimum atomic E-state index is -0.0449. The van der Waals surface area contributed by atoms with Crippen LogP contribution in [0.15, 0.2) is 33.8 Å². The van der Waals surface area contributed by atoms with Crippen LogP contribution in [0, 0.1) is 5.92 Å². The zero-order valence-corrected chi connectivity index (χ0v) is 11.9. The number of hydrogen-bond donors (Lipinski definition) is 1. The molecule has 0 heterocycles. The van der Waals surface area contributed by atoms with Crippen LogP contribution in [0.3, 0.4) is 0 Å². The molecule has 1 N–H and O–H groups in total. The number of carbonyl (C=O) groups is 1. The molecule has 0 fully saturated rings. The maximum absolute atomic E-state index is 11.4. The van der Waals surface area contributed by atoms with Crippen molar-refractivity contribution in [3.05, 3.63) is 34.3 Å². The van der Waals surface area contributed by atoms with Gasteiger partial charge in [-0.3, -0.25) is 4.79 Å². The third-order valence-corrected chi connectivity index (χ3v) is 2.73. The van der Waals surface area contributed by atoms with E-state index in [-0.39, 0.29) is 5.91 Å². The monoisotopic (exact) mass is 296 g/mol. The highest BCUT2D eigenvalue weighted by Crippen LogP contribution is 2.11. The van der Waals surface area contributed by atoms with Gasteiger partial charge in [-0.05, 0) is 30.5 Å². The Morgan fingerprint density at radius 2 is 1.94 bits per heavy atom. The SMILES string of the molecule is CC(=NNC(=O)CC(C)C)c1ccc(Br)cc1. The molecule has 1 amide bonds. The minimum Gasteiger partial charge on any atom is -0.273 e. The van der Waals surface area contributed by atoms with Gasteiger partial charge in [0.25, 0.3) is 0 Å². The Balaban J connectivity index is 2.60. The van der Waals surface area contributed by atoms with Gasteiger partial charge in [-0.1, -0.05) is 41.9 Å². The molecule has 1 rings (SSSR count). The van der Waals surface area contributed by atoms with Crippen molar-refractivity contribution in [2.75, 3.05) is 0 Å². The second-order valence-corrected chi connectivity index (χ2v) is 5.25. The van der Waals surface area contributed by atoms with E-state index >= 15 is 0 Å². The Morgan fingerprint density at radius 3 is 2.47 bits per heavy atom. The molecule has 3 nitrogen and oxygen atoms in total. The number of hydrogen-bond acceptors (Lipinski definition) is 2. The second-order valence-electron chi connectivity index (χ2n) is 4.34. The van der Waals surface area contributed by atoms with Crippen molar-refractivity contribution < 1.29 is 4.79 Å². The van der Waals surface area contributed by atoms with E-state index in [1.165, 1.54) is 0 Å². The van der Waals surface area contributed by atoms with Crippen LogP contribution in [-0.2, 0) is 4.79 Å². The summed E-state index contributed by atoms with van der Waals surface area (Å²) in [7, 11) is 0. The fourth-order valence-electron chi connectivity index (χ4n) is 1.32. The van der Waals surface area contributed by atoms with E-state index in [4.69, 9.17) is 0 Å². The van der Waals surface area contributed by atoms with Crippen molar-refractivity contribution in [3.63, 3.8) is 0 Å². The molecule has 0 aliphatic heterocycles. The van der Waals surface area contributed by atoms with Crippen LogP contribution in [0.25, 0.3) is 0 Å². The van der Waals surface area contributed by atoms with Gasteiger partial charge in [0.05, 0.1) is 5.71 Å². The third-order valence-electron chi connectivity index (χ3n) is 2.20. The van der Waals surface area contributed by atoms with Crippen LogP contribution >= 0.6 is 15.9 Å². The molecule has 0 radical (unpaired) electrons. The Labute approximate surface area is 110 Å².